The number of nitrogens with zero attached hydrogens (tertiary/aromatic N) is 2. The fraction of sp³-hybridized carbons (Fsp3) is 0.562. The van der Waals surface area contributed by atoms with E-state index in [-0.39, 0.29) is 18.3 Å². The van der Waals surface area contributed by atoms with Crippen LogP contribution in [0.25, 0.3) is 0 Å². The lowest BCUT2D eigenvalue weighted by Crippen LogP contribution is -2.32. The maximum atomic E-state index is 12.0. The Bertz CT molecular complexity index is 408. The van der Waals surface area contributed by atoms with E-state index in [0.717, 1.165) is 13.0 Å². The number of carbonyl (C=O) groups is 1. The summed E-state index contributed by atoms with van der Waals surface area (Å²) in [7, 11) is 1.68. The lowest BCUT2D eigenvalue weighted by Gasteiger charge is -2.26. The van der Waals surface area contributed by atoms with E-state index in [1.165, 1.54) is 37.4 Å². The zero-order valence-corrected chi connectivity index (χ0v) is 13.5. The number of hydrogen-bond acceptors (Lipinski definition) is 3. The molecule has 4 nitrogen and oxygen atoms in total. The van der Waals surface area contributed by atoms with Gasteiger partial charge in [0.15, 0.2) is 0 Å². The first-order valence-electron chi connectivity index (χ1n) is 7.46. The van der Waals surface area contributed by atoms with Gasteiger partial charge in [-0.3, -0.25) is 9.63 Å². The standard InChI is InChI=1S/C16H24N2O2.ClH/c1-17(16(19)15-9-4-2-5-10-15)20-14-8-13-18-11-6-3-7-12-18;/h2,4-5,9-10H,3,6-8,11-14H2,1H3;1H. The second kappa shape index (κ2) is 9.77. The van der Waals surface area contributed by atoms with Crippen molar-refractivity contribution in [1.82, 2.24) is 9.96 Å². The molecule has 21 heavy (non-hydrogen) atoms. The SMILES string of the molecule is CN(OCCCN1CCCCC1)C(=O)c1ccccc1.Cl. The lowest BCUT2D eigenvalue weighted by atomic mass is 10.1. The van der Waals surface area contributed by atoms with Gasteiger partial charge in [-0.2, -0.15) is 0 Å². The Morgan fingerprint density at radius 1 is 1.19 bits per heavy atom. The molecule has 0 radical (unpaired) electrons. The molecule has 0 saturated carbocycles. The van der Waals surface area contributed by atoms with Crippen LogP contribution in [0.1, 0.15) is 36.0 Å². The van der Waals surface area contributed by atoms with Gasteiger partial charge in [0.2, 0.25) is 0 Å². The maximum Gasteiger partial charge on any atom is 0.277 e. The highest BCUT2D eigenvalue weighted by Gasteiger charge is 2.12. The lowest BCUT2D eigenvalue weighted by molar-refractivity contribution is -0.107. The van der Waals surface area contributed by atoms with Gasteiger partial charge in [0.05, 0.1) is 6.61 Å². The van der Waals surface area contributed by atoms with Gasteiger partial charge in [0, 0.05) is 19.2 Å². The molecule has 0 unspecified atom stereocenters. The van der Waals surface area contributed by atoms with Crippen LogP contribution in [0, 0.1) is 0 Å². The van der Waals surface area contributed by atoms with Gasteiger partial charge in [0.1, 0.15) is 0 Å². The van der Waals surface area contributed by atoms with Crippen molar-refractivity contribution < 1.29 is 9.63 Å². The van der Waals surface area contributed by atoms with Crippen molar-refractivity contribution in [3.8, 4) is 0 Å². The van der Waals surface area contributed by atoms with E-state index in [0.29, 0.717) is 12.2 Å². The van der Waals surface area contributed by atoms with Crippen molar-refractivity contribution in [2.75, 3.05) is 33.3 Å². The van der Waals surface area contributed by atoms with Crippen molar-refractivity contribution >= 4 is 18.3 Å². The number of halogens is 1. The third kappa shape index (κ3) is 6.04. The van der Waals surface area contributed by atoms with Crippen LogP contribution in [-0.4, -0.2) is 49.2 Å². The van der Waals surface area contributed by atoms with E-state index in [1.54, 1.807) is 19.2 Å². The Balaban J connectivity index is 0.00000220. The molecule has 2 rings (SSSR count). The summed E-state index contributed by atoms with van der Waals surface area (Å²) in [5.74, 6) is -0.0939. The van der Waals surface area contributed by atoms with Crippen LogP contribution < -0.4 is 0 Å². The molecule has 0 aromatic heterocycles. The summed E-state index contributed by atoms with van der Waals surface area (Å²) in [6, 6.07) is 9.22. The van der Waals surface area contributed by atoms with Crippen LogP contribution in [0.4, 0.5) is 0 Å². The third-order valence-electron chi connectivity index (χ3n) is 3.66. The van der Waals surface area contributed by atoms with E-state index >= 15 is 0 Å². The molecule has 1 aromatic rings. The van der Waals surface area contributed by atoms with Crippen molar-refractivity contribution in [3.63, 3.8) is 0 Å². The van der Waals surface area contributed by atoms with Gasteiger partial charge in [0.25, 0.3) is 5.91 Å². The summed E-state index contributed by atoms with van der Waals surface area (Å²) in [5, 5.41) is 1.34. The van der Waals surface area contributed by atoms with Crippen LogP contribution in [-0.2, 0) is 4.84 Å². The average Bonchev–Trinajstić information content (AvgIpc) is 2.52. The third-order valence-corrected chi connectivity index (χ3v) is 3.66. The number of amides is 1. The molecule has 118 valence electrons. The molecule has 0 atom stereocenters. The van der Waals surface area contributed by atoms with E-state index in [4.69, 9.17) is 4.84 Å². The summed E-state index contributed by atoms with van der Waals surface area (Å²) < 4.78 is 0. The van der Waals surface area contributed by atoms with Gasteiger partial charge in [-0.05, 0) is 44.5 Å². The van der Waals surface area contributed by atoms with Gasteiger partial charge < -0.3 is 4.90 Å². The molecule has 1 amide bonds. The van der Waals surface area contributed by atoms with Crippen molar-refractivity contribution in [2.45, 2.75) is 25.7 Å². The maximum absolute atomic E-state index is 12.0. The minimum absolute atomic E-state index is 0. The molecule has 0 N–H and O–H groups in total. The molecular weight excluding hydrogens is 288 g/mol. The summed E-state index contributed by atoms with van der Waals surface area (Å²) in [6.07, 6.45) is 4.95. The first-order chi connectivity index (χ1) is 9.77. The summed E-state index contributed by atoms with van der Waals surface area (Å²) in [4.78, 5) is 20.0. The largest absolute Gasteiger partial charge is 0.303 e. The zero-order valence-electron chi connectivity index (χ0n) is 12.7. The Kier molecular flexibility index (Phi) is 8.35. The molecule has 1 aliphatic heterocycles. The smallest absolute Gasteiger partial charge is 0.277 e. The molecular formula is C16H25ClN2O2. The van der Waals surface area contributed by atoms with Crippen LogP contribution in [0.5, 0.6) is 0 Å². The fourth-order valence-corrected chi connectivity index (χ4v) is 2.49. The molecule has 0 spiro atoms. The monoisotopic (exact) mass is 312 g/mol. The molecule has 1 aliphatic rings. The van der Waals surface area contributed by atoms with Crippen molar-refractivity contribution in [2.24, 2.45) is 0 Å². The highest BCUT2D eigenvalue weighted by molar-refractivity contribution is 5.93. The highest BCUT2D eigenvalue weighted by Crippen LogP contribution is 2.09. The predicted molar refractivity (Wildman–Crippen MR) is 86.6 cm³/mol. The van der Waals surface area contributed by atoms with Crippen LogP contribution in [0.3, 0.4) is 0 Å². The Morgan fingerprint density at radius 3 is 2.52 bits per heavy atom. The van der Waals surface area contributed by atoms with Gasteiger partial charge in [-0.1, -0.05) is 24.6 Å². The summed E-state index contributed by atoms with van der Waals surface area (Å²) in [5.41, 5.74) is 0.658. The Labute approximate surface area is 133 Å². The van der Waals surface area contributed by atoms with Gasteiger partial charge in [-0.25, -0.2) is 5.06 Å². The van der Waals surface area contributed by atoms with Crippen molar-refractivity contribution in [3.05, 3.63) is 35.9 Å². The van der Waals surface area contributed by atoms with Crippen LogP contribution >= 0.6 is 12.4 Å². The molecule has 5 heteroatoms. The fourth-order valence-electron chi connectivity index (χ4n) is 2.49. The van der Waals surface area contributed by atoms with E-state index in [1.807, 2.05) is 18.2 Å². The Hall–Kier alpha value is -1.10. The number of rotatable bonds is 6. The first kappa shape index (κ1) is 18.0. The Morgan fingerprint density at radius 2 is 1.86 bits per heavy atom. The van der Waals surface area contributed by atoms with Crippen LogP contribution in [0.2, 0.25) is 0 Å². The molecule has 1 heterocycles. The molecule has 1 aromatic carbocycles. The van der Waals surface area contributed by atoms with E-state index < -0.39 is 0 Å². The van der Waals surface area contributed by atoms with Crippen molar-refractivity contribution in [1.29, 1.82) is 0 Å². The van der Waals surface area contributed by atoms with Gasteiger partial charge >= 0.3 is 0 Å². The number of hydrogen-bond donors (Lipinski definition) is 0. The summed E-state index contributed by atoms with van der Waals surface area (Å²) in [6.45, 7) is 4.07. The quantitative estimate of drug-likeness (QED) is 0.598. The summed E-state index contributed by atoms with van der Waals surface area (Å²) >= 11 is 0. The number of hydroxylamine groups is 2. The first-order valence-corrected chi connectivity index (χ1v) is 7.46. The highest BCUT2D eigenvalue weighted by atomic mass is 35.5. The molecule has 0 aliphatic carbocycles. The second-order valence-electron chi connectivity index (χ2n) is 5.26. The number of carbonyl (C=O) groups excluding carboxylic acids is 1. The van der Waals surface area contributed by atoms with Gasteiger partial charge in [-0.15, -0.1) is 12.4 Å². The predicted octanol–water partition coefficient (Wildman–Crippen LogP) is 2.99. The molecule has 1 saturated heterocycles. The zero-order chi connectivity index (χ0) is 14.2. The number of benzene rings is 1. The molecule has 0 bridgehead atoms. The normalized spacial score (nSPS) is 15.3. The minimum atomic E-state index is -0.0939. The average molecular weight is 313 g/mol. The molecule has 1 fully saturated rings. The van der Waals surface area contributed by atoms with Crippen LogP contribution in [0.15, 0.2) is 30.3 Å². The second-order valence-corrected chi connectivity index (χ2v) is 5.26. The number of piperidine rings is 1. The number of likely N-dealkylation sites (tertiary alicyclic amines) is 1. The van der Waals surface area contributed by atoms with E-state index in [9.17, 15) is 4.79 Å². The minimum Gasteiger partial charge on any atom is -0.303 e. The topological polar surface area (TPSA) is 32.8 Å². The van der Waals surface area contributed by atoms with E-state index in [2.05, 4.69) is 4.90 Å².